The lowest BCUT2D eigenvalue weighted by atomic mass is 9.86. The molecule has 0 radical (unpaired) electrons. The predicted molar refractivity (Wildman–Crippen MR) is 115 cm³/mol. The molecule has 0 saturated carbocycles. The molecule has 1 aromatic carbocycles. The number of anilines is 2. The number of hydrogen-bond donors (Lipinski definition) is 0. The highest BCUT2D eigenvalue weighted by molar-refractivity contribution is 5.76. The van der Waals surface area contributed by atoms with E-state index in [1.807, 2.05) is 42.7 Å². The molecule has 4 aromatic rings. The molecule has 0 saturated heterocycles. The summed E-state index contributed by atoms with van der Waals surface area (Å²) in [7, 11) is 1.95. The largest absolute Gasteiger partial charge is 0.324 e. The van der Waals surface area contributed by atoms with Crippen LogP contribution in [0.2, 0.25) is 0 Å². The number of rotatable bonds is 3. The molecule has 1 aliphatic rings. The number of pyridine rings is 1. The second kappa shape index (κ2) is 6.30. The molecule has 29 heavy (non-hydrogen) atoms. The predicted octanol–water partition coefficient (Wildman–Crippen LogP) is 4.41. The summed E-state index contributed by atoms with van der Waals surface area (Å²) in [4.78, 5) is 11.2. The number of aromatic nitrogens is 5. The molecule has 6 heteroatoms. The lowest BCUT2D eigenvalue weighted by molar-refractivity contribution is 0.566. The van der Waals surface area contributed by atoms with Crippen molar-refractivity contribution in [1.82, 2.24) is 24.3 Å². The molecule has 0 bridgehead atoms. The van der Waals surface area contributed by atoms with Gasteiger partial charge in [0.05, 0.1) is 17.7 Å². The Balaban J connectivity index is 1.57. The van der Waals surface area contributed by atoms with Gasteiger partial charge in [-0.05, 0) is 30.2 Å². The summed E-state index contributed by atoms with van der Waals surface area (Å²) < 4.78 is 3.91. The van der Waals surface area contributed by atoms with E-state index in [0.29, 0.717) is 0 Å². The van der Waals surface area contributed by atoms with Crippen molar-refractivity contribution in [2.75, 3.05) is 11.4 Å². The number of nitrogens with zero attached hydrogens (tertiary/aromatic N) is 6. The van der Waals surface area contributed by atoms with Crippen molar-refractivity contribution < 1.29 is 0 Å². The fraction of sp³-hybridized carbons (Fsp3) is 0.261. The van der Waals surface area contributed by atoms with Crippen molar-refractivity contribution in [3.8, 4) is 16.9 Å². The number of imidazole rings is 1. The molecule has 5 rings (SSSR count). The third-order valence-electron chi connectivity index (χ3n) is 5.69. The average molecular weight is 384 g/mol. The fourth-order valence-electron chi connectivity index (χ4n) is 4.16. The molecule has 0 N–H and O–H groups in total. The van der Waals surface area contributed by atoms with Crippen LogP contribution in [0, 0.1) is 6.92 Å². The van der Waals surface area contributed by atoms with E-state index in [1.165, 1.54) is 11.3 Å². The Morgan fingerprint density at radius 1 is 1.07 bits per heavy atom. The number of hydrogen-bond acceptors (Lipinski definition) is 4. The minimum atomic E-state index is 0.0683. The third kappa shape index (κ3) is 2.92. The van der Waals surface area contributed by atoms with Gasteiger partial charge in [-0.15, -0.1) is 0 Å². The van der Waals surface area contributed by atoms with Gasteiger partial charge in [0.2, 0.25) is 0 Å². The van der Waals surface area contributed by atoms with Crippen LogP contribution in [-0.2, 0) is 12.5 Å². The molecular weight excluding hydrogens is 360 g/mol. The van der Waals surface area contributed by atoms with E-state index in [4.69, 9.17) is 0 Å². The van der Waals surface area contributed by atoms with Gasteiger partial charge >= 0.3 is 0 Å². The third-order valence-corrected chi connectivity index (χ3v) is 5.69. The van der Waals surface area contributed by atoms with Gasteiger partial charge in [-0.3, -0.25) is 9.67 Å². The SMILES string of the molecule is Cc1cnccc1-n1cnc(-c2ccc3c(c2)N(c2ccn(C)n2)CC3(C)C)c1. The van der Waals surface area contributed by atoms with Crippen molar-refractivity contribution in [3.05, 3.63) is 72.6 Å². The van der Waals surface area contributed by atoms with Crippen LogP contribution in [0.5, 0.6) is 0 Å². The van der Waals surface area contributed by atoms with Crippen molar-refractivity contribution in [2.24, 2.45) is 7.05 Å². The highest BCUT2D eigenvalue weighted by Crippen LogP contribution is 2.45. The first-order valence-corrected chi connectivity index (χ1v) is 9.79. The molecular formula is C23H24N6. The summed E-state index contributed by atoms with van der Waals surface area (Å²) in [6.07, 6.45) is 9.62. The second-order valence-electron chi connectivity index (χ2n) is 8.38. The minimum absolute atomic E-state index is 0.0683. The van der Waals surface area contributed by atoms with E-state index in [-0.39, 0.29) is 5.41 Å². The smallest absolute Gasteiger partial charge is 0.155 e. The van der Waals surface area contributed by atoms with Gasteiger partial charge in [-0.2, -0.15) is 5.10 Å². The van der Waals surface area contributed by atoms with Crippen LogP contribution in [0.4, 0.5) is 11.5 Å². The zero-order valence-electron chi connectivity index (χ0n) is 17.2. The van der Waals surface area contributed by atoms with E-state index < -0.39 is 0 Å². The van der Waals surface area contributed by atoms with Crippen molar-refractivity contribution in [1.29, 1.82) is 0 Å². The second-order valence-corrected chi connectivity index (χ2v) is 8.38. The molecule has 0 aliphatic carbocycles. The van der Waals surface area contributed by atoms with Crippen molar-refractivity contribution in [3.63, 3.8) is 0 Å². The normalized spacial score (nSPS) is 15.0. The maximum Gasteiger partial charge on any atom is 0.155 e. The Morgan fingerprint density at radius 2 is 1.93 bits per heavy atom. The van der Waals surface area contributed by atoms with E-state index in [1.54, 1.807) is 0 Å². The fourth-order valence-corrected chi connectivity index (χ4v) is 4.16. The summed E-state index contributed by atoms with van der Waals surface area (Å²) in [6, 6.07) is 10.7. The highest BCUT2D eigenvalue weighted by atomic mass is 15.3. The maximum atomic E-state index is 4.67. The lowest BCUT2D eigenvalue weighted by Crippen LogP contribution is -2.25. The summed E-state index contributed by atoms with van der Waals surface area (Å²) in [5, 5.41) is 4.63. The van der Waals surface area contributed by atoms with Crippen LogP contribution in [0.15, 0.2) is 61.4 Å². The van der Waals surface area contributed by atoms with Gasteiger partial charge < -0.3 is 9.47 Å². The van der Waals surface area contributed by atoms with Gasteiger partial charge in [-0.25, -0.2) is 4.98 Å². The van der Waals surface area contributed by atoms with Gasteiger partial charge in [0, 0.05) is 61.1 Å². The first-order chi connectivity index (χ1) is 13.9. The number of benzene rings is 1. The first kappa shape index (κ1) is 17.7. The van der Waals surface area contributed by atoms with Crippen LogP contribution in [0.3, 0.4) is 0 Å². The quantitative estimate of drug-likeness (QED) is 0.525. The van der Waals surface area contributed by atoms with Gasteiger partial charge in [0.25, 0.3) is 0 Å². The molecule has 1 aliphatic heterocycles. The van der Waals surface area contributed by atoms with Gasteiger partial charge in [-0.1, -0.05) is 26.0 Å². The Labute approximate surface area is 170 Å². The van der Waals surface area contributed by atoms with Gasteiger partial charge in [0.1, 0.15) is 0 Å². The molecule has 0 spiro atoms. The Kier molecular flexibility index (Phi) is 3.84. The Bertz CT molecular complexity index is 1200. The van der Waals surface area contributed by atoms with Crippen molar-refractivity contribution >= 4 is 11.5 Å². The topological polar surface area (TPSA) is 51.8 Å². The standard InChI is InChI=1S/C23H24N6/c1-16-12-24-9-7-20(16)28-13-19(25-15-28)17-5-6-18-21(11-17)29(14-23(18,2)3)22-8-10-27(4)26-22/h5-13,15H,14H2,1-4H3. The highest BCUT2D eigenvalue weighted by Gasteiger charge is 2.36. The van der Waals surface area contributed by atoms with Crippen LogP contribution >= 0.6 is 0 Å². The maximum absolute atomic E-state index is 4.67. The monoisotopic (exact) mass is 384 g/mol. The van der Waals surface area contributed by atoms with Crippen LogP contribution in [-0.4, -0.2) is 30.9 Å². The number of aryl methyl sites for hydroxylation is 2. The molecule has 0 unspecified atom stereocenters. The van der Waals surface area contributed by atoms with E-state index >= 15 is 0 Å². The summed E-state index contributed by atoms with van der Waals surface area (Å²) >= 11 is 0. The molecule has 0 atom stereocenters. The van der Waals surface area contributed by atoms with E-state index in [0.717, 1.165) is 34.9 Å². The number of fused-ring (bicyclic) bond motifs is 1. The van der Waals surface area contributed by atoms with Crippen LogP contribution in [0.25, 0.3) is 16.9 Å². The molecule has 0 amide bonds. The minimum Gasteiger partial charge on any atom is -0.324 e. The van der Waals surface area contributed by atoms with Crippen molar-refractivity contribution in [2.45, 2.75) is 26.2 Å². The molecule has 146 valence electrons. The summed E-state index contributed by atoms with van der Waals surface area (Å²) in [5.41, 5.74) is 6.89. The van der Waals surface area contributed by atoms with Gasteiger partial charge in [0.15, 0.2) is 5.82 Å². The molecule has 6 nitrogen and oxygen atoms in total. The Morgan fingerprint density at radius 3 is 2.69 bits per heavy atom. The first-order valence-electron chi connectivity index (χ1n) is 9.79. The zero-order chi connectivity index (χ0) is 20.2. The lowest BCUT2D eigenvalue weighted by Gasteiger charge is -2.20. The van der Waals surface area contributed by atoms with E-state index in [9.17, 15) is 0 Å². The molecule has 0 fully saturated rings. The average Bonchev–Trinajstić information content (AvgIpc) is 3.40. The molecule has 4 heterocycles. The van der Waals surface area contributed by atoms with Crippen LogP contribution < -0.4 is 4.90 Å². The molecule has 3 aromatic heterocycles. The summed E-state index contributed by atoms with van der Waals surface area (Å²) in [5.74, 6) is 0.981. The van der Waals surface area contributed by atoms with E-state index in [2.05, 4.69) is 75.8 Å². The summed E-state index contributed by atoms with van der Waals surface area (Å²) in [6.45, 7) is 7.54. The Hall–Kier alpha value is -3.41. The zero-order valence-corrected chi connectivity index (χ0v) is 17.2. The van der Waals surface area contributed by atoms with Crippen LogP contribution in [0.1, 0.15) is 25.0 Å².